The molecule has 0 saturated heterocycles. The van der Waals surface area contributed by atoms with E-state index in [-0.39, 0.29) is 11.8 Å². The largest absolute Gasteiger partial charge is 0.497 e. The van der Waals surface area contributed by atoms with E-state index in [4.69, 9.17) is 4.74 Å². The Labute approximate surface area is 129 Å². The van der Waals surface area contributed by atoms with Gasteiger partial charge < -0.3 is 15.2 Å². The number of hydrogen-bond donors (Lipinski definition) is 2. The van der Waals surface area contributed by atoms with Gasteiger partial charge in [0, 0.05) is 5.69 Å². The van der Waals surface area contributed by atoms with Crippen LogP contribution in [0.2, 0.25) is 0 Å². The van der Waals surface area contributed by atoms with Gasteiger partial charge in [-0.05, 0) is 54.3 Å². The zero-order chi connectivity index (χ0) is 15.9. The van der Waals surface area contributed by atoms with Gasteiger partial charge in [0.15, 0.2) is 0 Å². The third kappa shape index (κ3) is 2.35. The molecular weight excluding hydrogens is 278 g/mol. The van der Waals surface area contributed by atoms with Crippen molar-refractivity contribution in [3.63, 3.8) is 0 Å². The fourth-order valence-corrected chi connectivity index (χ4v) is 2.86. The van der Waals surface area contributed by atoms with E-state index in [2.05, 4.69) is 5.32 Å². The number of nitrogens with one attached hydrogen (secondary N) is 1. The van der Waals surface area contributed by atoms with E-state index in [9.17, 15) is 9.90 Å². The highest BCUT2D eigenvalue weighted by Crippen LogP contribution is 2.38. The lowest BCUT2D eigenvalue weighted by molar-refractivity contribution is -0.116. The number of rotatable bonds is 3. The van der Waals surface area contributed by atoms with Crippen LogP contribution in [0.5, 0.6) is 5.75 Å². The molecule has 114 valence electrons. The standard InChI is InChI=1S/C18H19NO3/c1-10-8-13(9-15-11(2)18(21)19-16(10)15)17(20)12-4-6-14(22-3)7-5-12/h4-9,11,17,20H,1-3H3,(H,19,21). The average Bonchev–Trinajstić information content (AvgIpc) is 2.83. The Balaban J connectivity index is 1.98. The Hall–Kier alpha value is -2.33. The number of aryl methyl sites for hydroxylation is 1. The van der Waals surface area contributed by atoms with Crippen molar-refractivity contribution in [1.82, 2.24) is 0 Å². The van der Waals surface area contributed by atoms with Crippen molar-refractivity contribution in [3.8, 4) is 5.75 Å². The van der Waals surface area contributed by atoms with Crippen LogP contribution in [0, 0.1) is 6.92 Å². The summed E-state index contributed by atoms with van der Waals surface area (Å²) in [5.41, 5.74) is 4.39. The molecule has 4 heteroatoms. The van der Waals surface area contributed by atoms with E-state index in [1.54, 1.807) is 7.11 Å². The zero-order valence-corrected chi connectivity index (χ0v) is 12.9. The summed E-state index contributed by atoms with van der Waals surface area (Å²) in [6.07, 6.45) is -0.724. The molecule has 0 bridgehead atoms. The Morgan fingerprint density at radius 1 is 1.18 bits per heavy atom. The fraction of sp³-hybridized carbons (Fsp3) is 0.278. The van der Waals surface area contributed by atoms with E-state index in [0.717, 1.165) is 33.7 Å². The number of carbonyl (C=O) groups is 1. The molecule has 2 aromatic rings. The van der Waals surface area contributed by atoms with Crippen LogP contribution in [0.15, 0.2) is 36.4 Å². The highest BCUT2D eigenvalue weighted by Gasteiger charge is 2.29. The molecule has 0 aromatic heterocycles. The number of hydrogen-bond acceptors (Lipinski definition) is 3. The molecule has 22 heavy (non-hydrogen) atoms. The van der Waals surface area contributed by atoms with Crippen LogP contribution in [0.3, 0.4) is 0 Å². The van der Waals surface area contributed by atoms with Crippen LogP contribution in [0.4, 0.5) is 5.69 Å². The van der Waals surface area contributed by atoms with Gasteiger partial charge in [0.2, 0.25) is 5.91 Å². The molecule has 1 aliphatic rings. The third-order valence-electron chi connectivity index (χ3n) is 4.24. The third-order valence-corrected chi connectivity index (χ3v) is 4.24. The van der Waals surface area contributed by atoms with Crippen molar-refractivity contribution in [2.75, 3.05) is 12.4 Å². The summed E-state index contributed by atoms with van der Waals surface area (Å²) in [5, 5.41) is 13.5. The number of carbonyl (C=O) groups excluding carboxylic acids is 1. The molecule has 0 aliphatic carbocycles. The summed E-state index contributed by atoms with van der Waals surface area (Å²) >= 11 is 0. The first-order valence-electron chi connectivity index (χ1n) is 7.28. The van der Waals surface area contributed by atoms with Crippen LogP contribution in [-0.4, -0.2) is 18.1 Å². The summed E-state index contributed by atoms with van der Waals surface area (Å²) in [7, 11) is 1.61. The van der Waals surface area contributed by atoms with E-state index in [1.165, 1.54) is 0 Å². The van der Waals surface area contributed by atoms with Crippen molar-refractivity contribution in [3.05, 3.63) is 58.7 Å². The van der Waals surface area contributed by atoms with Crippen LogP contribution in [0.25, 0.3) is 0 Å². The first-order chi connectivity index (χ1) is 10.5. The Bertz CT molecular complexity index is 722. The monoisotopic (exact) mass is 297 g/mol. The van der Waals surface area contributed by atoms with E-state index >= 15 is 0 Å². The topological polar surface area (TPSA) is 58.6 Å². The van der Waals surface area contributed by atoms with Crippen molar-refractivity contribution in [2.24, 2.45) is 0 Å². The number of methoxy groups -OCH3 is 1. The molecule has 1 amide bonds. The highest BCUT2D eigenvalue weighted by molar-refractivity contribution is 6.03. The normalized spacial score (nSPS) is 17.8. The average molecular weight is 297 g/mol. The fourth-order valence-electron chi connectivity index (χ4n) is 2.86. The number of anilines is 1. The minimum Gasteiger partial charge on any atom is -0.497 e. The van der Waals surface area contributed by atoms with Crippen LogP contribution in [0.1, 0.15) is 41.2 Å². The molecule has 2 N–H and O–H groups in total. The van der Waals surface area contributed by atoms with E-state index in [0.29, 0.717) is 0 Å². The number of aliphatic hydroxyl groups excluding tert-OH is 1. The molecule has 3 rings (SSSR count). The lowest BCUT2D eigenvalue weighted by Gasteiger charge is -2.15. The number of amides is 1. The molecule has 0 spiro atoms. The number of aliphatic hydroxyl groups is 1. The zero-order valence-electron chi connectivity index (χ0n) is 12.9. The lowest BCUT2D eigenvalue weighted by atomic mass is 9.93. The van der Waals surface area contributed by atoms with Crippen molar-refractivity contribution < 1.29 is 14.6 Å². The maximum Gasteiger partial charge on any atom is 0.231 e. The Kier molecular flexibility index (Phi) is 3.62. The predicted molar refractivity (Wildman–Crippen MR) is 85.3 cm³/mol. The summed E-state index contributed by atoms with van der Waals surface area (Å²) < 4.78 is 5.13. The molecule has 0 radical (unpaired) electrons. The van der Waals surface area contributed by atoms with E-state index < -0.39 is 6.10 Å². The molecule has 2 aromatic carbocycles. The van der Waals surface area contributed by atoms with Crippen molar-refractivity contribution in [2.45, 2.75) is 25.9 Å². The Morgan fingerprint density at radius 3 is 2.50 bits per heavy atom. The minimum atomic E-state index is -0.724. The molecule has 4 nitrogen and oxygen atoms in total. The van der Waals surface area contributed by atoms with Crippen LogP contribution in [-0.2, 0) is 4.79 Å². The predicted octanol–water partition coefficient (Wildman–Crippen LogP) is 3.14. The second-order valence-corrected chi connectivity index (χ2v) is 5.69. The number of fused-ring (bicyclic) bond motifs is 1. The first-order valence-corrected chi connectivity index (χ1v) is 7.28. The first kappa shape index (κ1) is 14.6. The molecule has 0 saturated carbocycles. The van der Waals surface area contributed by atoms with Gasteiger partial charge in [0.1, 0.15) is 11.9 Å². The summed E-state index contributed by atoms with van der Waals surface area (Å²) in [6, 6.07) is 11.2. The van der Waals surface area contributed by atoms with Crippen molar-refractivity contribution in [1.29, 1.82) is 0 Å². The Morgan fingerprint density at radius 2 is 1.86 bits per heavy atom. The summed E-state index contributed by atoms with van der Waals surface area (Å²) in [6.45, 7) is 3.82. The summed E-state index contributed by atoms with van der Waals surface area (Å²) in [4.78, 5) is 11.8. The van der Waals surface area contributed by atoms with E-state index in [1.807, 2.05) is 50.2 Å². The van der Waals surface area contributed by atoms with Gasteiger partial charge in [-0.2, -0.15) is 0 Å². The second kappa shape index (κ2) is 5.46. The smallest absolute Gasteiger partial charge is 0.231 e. The van der Waals surface area contributed by atoms with Gasteiger partial charge in [0.05, 0.1) is 13.0 Å². The molecule has 1 heterocycles. The quantitative estimate of drug-likeness (QED) is 0.915. The minimum absolute atomic E-state index is 0.00851. The molecule has 1 aliphatic heterocycles. The SMILES string of the molecule is COc1ccc(C(O)c2cc(C)c3c(c2)C(C)C(=O)N3)cc1. The van der Waals surface area contributed by atoms with Gasteiger partial charge in [0.25, 0.3) is 0 Å². The van der Waals surface area contributed by atoms with Crippen LogP contribution < -0.4 is 10.1 Å². The van der Waals surface area contributed by atoms with Gasteiger partial charge in [-0.3, -0.25) is 4.79 Å². The molecule has 2 atom stereocenters. The second-order valence-electron chi connectivity index (χ2n) is 5.69. The van der Waals surface area contributed by atoms with Gasteiger partial charge in [-0.1, -0.05) is 18.2 Å². The highest BCUT2D eigenvalue weighted by atomic mass is 16.5. The molecular formula is C18H19NO3. The van der Waals surface area contributed by atoms with Gasteiger partial charge in [-0.25, -0.2) is 0 Å². The van der Waals surface area contributed by atoms with Gasteiger partial charge in [-0.15, -0.1) is 0 Å². The van der Waals surface area contributed by atoms with Crippen molar-refractivity contribution >= 4 is 11.6 Å². The number of benzene rings is 2. The summed E-state index contributed by atoms with van der Waals surface area (Å²) in [5.74, 6) is 0.579. The maximum atomic E-state index is 11.8. The molecule has 0 fully saturated rings. The lowest BCUT2D eigenvalue weighted by Crippen LogP contribution is -2.08. The van der Waals surface area contributed by atoms with Crippen LogP contribution >= 0.6 is 0 Å². The maximum absolute atomic E-state index is 11.8. The van der Waals surface area contributed by atoms with Gasteiger partial charge >= 0.3 is 0 Å². The number of ether oxygens (including phenoxy) is 1. The molecule has 2 unspecified atom stereocenters.